The van der Waals surface area contributed by atoms with E-state index in [9.17, 15) is 18.3 Å². The van der Waals surface area contributed by atoms with E-state index in [0.717, 1.165) is 11.3 Å². The molecule has 1 heterocycles. The summed E-state index contributed by atoms with van der Waals surface area (Å²) in [6.45, 7) is 0. The number of halogens is 1. The number of nitrogens with one attached hydrogen (secondary N) is 2. The Bertz CT molecular complexity index is 1190. The zero-order valence-corrected chi connectivity index (χ0v) is 18.7. The SMILES string of the molecule is COc1cc(C=NNC(=O)c2ccccc2NS(=O)(=O)c2cccs2)cc(Br)c1O. The van der Waals surface area contributed by atoms with Crippen molar-refractivity contribution in [2.75, 3.05) is 11.8 Å². The second-order valence-corrected chi connectivity index (χ2v) is 9.55. The van der Waals surface area contributed by atoms with Crippen molar-refractivity contribution >= 4 is 55.1 Å². The molecule has 0 aliphatic carbocycles. The smallest absolute Gasteiger partial charge is 0.273 e. The fraction of sp³-hybridized carbons (Fsp3) is 0.0526. The first kappa shape index (κ1) is 21.8. The molecule has 3 rings (SSSR count). The zero-order valence-electron chi connectivity index (χ0n) is 15.5. The normalized spacial score (nSPS) is 11.4. The predicted molar refractivity (Wildman–Crippen MR) is 119 cm³/mol. The topological polar surface area (TPSA) is 117 Å². The Hall–Kier alpha value is -2.89. The van der Waals surface area contributed by atoms with Crippen molar-refractivity contribution in [3.05, 3.63) is 69.5 Å². The maximum Gasteiger partial charge on any atom is 0.273 e. The van der Waals surface area contributed by atoms with Crippen LogP contribution in [0.2, 0.25) is 0 Å². The number of hydrogen-bond donors (Lipinski definition) is 3. The summed E-state index contributed by atoms with van der Waals surface area (Å²) in [6, 6.07) is 12.4. The van der Waals surface area contributed by atoms with Crippen molar-refractivity contribution < 1.29 is 23.1 Å². The Morgan fingerprint density at radius 1 is 1.23 bits per heavy atom. The minimum absolute atomic E-state index is 0.0503. The molecule has 0 spiro atoms. The van der Waals surface area contributed by atoms with Crippen molar-refractivity contribution in [3.63, 3.8) is 0 Å². The van der Waals surface area contributed by atoms with Gasteiger partial charge in [0.2, 0.25) is 0 Å². The maximum atomic E-state index is 12.5. The summed E-state index contributed by atoms with van der Waals surface area (Å²) in [5, 5.41) is 15.4. The summed E-state index contributed by atoms with van der Waals surface area (Å²) in [4.78, 5) is 12.5. The quantitative estimate of drug-likeness (QED) is 0.330. The highest BCUT2D eigenvalue weighted by Crippen LogP contribution is 2.34. The molecule has 1 aromatic heterocycles. The Morgan fingerprint density at radius 2 is 2.00 bits per heavy atom. The van der Waals surface area contributed by atoms with Gasteiger partial charge in [-0.2, -0.15) is 5.10 Å². The molecular weight excluding hydrogens is 494 g/mol. The first-order valence-electron chi connectivity index (χ1n) is 8.37. The second-order valence-electron chi connectivity index (χ2n) is 5.84. The number of carbonyl (C=O) groups excluding carboxylic acids is 1. The molecule has 8 nitrogen and oxygen atoms in total. The number of sulfonamides is 1. The van der Waals surface area contributed by atoms with Crippen LogP contribution in [0, 0.1) is 0 Å². The number of ether oxygens (including phenoxy) is 1. The number of carbonyl (C=O) groups is 1. The number of amides is 1. The lowest BCUT2D eigenvalue weighted by molar-refractivity contribution is 0.0956. The van der Waals surface area contributed by atoms with Crippen molar-refractivity contribution in [1.29, 1.82) is 0 Å². The molecule has 0 bridgehead atoms. The van der Waals surface area contributed by atoms with Gasteiger partial charge in [-0.1, -0.05) is 18.2 Å². The highest BCUT2D eigenvalue weighted by atomic mass is 79.9. The number of methoxy groups -OCH3 is 1. The second kappa shape index (κ2) is 9.28. The van der Waals surface area contributed by atoms with Gasteiger partial charge in [-0.15, -0.1) is 11.3 Å². The van der Waals surface area contributed by atoms with Crippen molar-refractivity contribution in [3.8, 4) is 11.5 Å². The summed E-state index contributed by atoms with van der Waals surface area (Å²) in [5.74, 6) is -0.406. The van der Waals surface area contributed by atoms with Gasteiger partial charge < -0.3 is 9.84 Å². The molecule has 0 saturated carbocycles. The third-order valence-electron chi connectivity index (χ3n) is 3.83. The Balaban J connectivity index is 1.77. The molecule has 0 unspecified atom stereocenters. The highest BCUT2D eigenvalue weighted by Gasteiger charge is 2.19. The number of anilines is 1. The number of rotatable bonds is 7. The van der Waals surface area contributed by atoms with E-state index in [1.807, 2.05) is 0 Å². The summed E-state index contributed by atoms with van der Waals surface area (Å²) in [7, 11) is -2.38. The third-order valence-corrected chi connectivity index (χ3v) is 7.19. The lowest BCUT2D eigenvalue weighted by Crippen LogP contribution is -2.21. The van der Waals surface area contributed by atoms with Crippen LogP contribution in [-0.4, -0.2) is 32.8 Å². The summed E-state index contributed by atoms with van der Waals surface area (Å²) in [5.41, 5.74) is 3.16. The standard InChI is InChI=1S/C19H16BrN3O5S2/c1-28-16-10-12(9-14(20)18(16)24)11-21-22-19(25)13-5-2-3-6-15(13)23-30(26,27)17-7-4-8-29-17/h2-11,23-24H,1H3,(H,22,25). The van der Waals surface area contributed by atoms with Crippen LogP contribution in [0.15, 0.2) is 67.7 Å². The fourth-order valence-corrected chi connectivity index (χ4v) is 4.96. The van der Waals surface area contributed by atoms with Crippen molar-refractivity contribution in [2.45, 2.75) is 4.21 Å². The number of hydrogen-bond acceptors (Lipinski definition) is 7. The Labute approximate surface area is 185 Å². The van der Waals surface area contributed by atoms with Gasteiger partial charge in [-0.25, -0.2) is 13.8 Å². The average molecular weight is 510 g/mol. The molecule has 2 aromatic carbocycles. The molecule has 30 heavy (non-hydrogen) atoms. The van der Waals surface area contributed by atoms with E-state index < -0.39 is 15.9 Å². The van der Waals surface area contributed by atoms with Crippen molar-refractivity contribution in [1.82, 2.24) is 5.43 Å². The lowest BCUT2D eigenvalue weighted by Gasteiger charge is -2.10. The Kier molecular flexibility index (Phi) is 6.75. The average Bonchev–Trinajstić information content (AvgIpc) is 3.26. The van der Waals surface area contributed by atoms with Crippen LogP contribution in [0.3, 0.4) is 0 Å². The zero-order chi connectivity index (χ0) is 21.7. The van der Waals surface area contributed by atoms with E-state index in [0.29, 0.717) is 10.0 Å². The number of aromatic hydroxyl groups is 1. The molecule has 0 radical (unpaired) electrons. The van der Waals surface area contributed by atoms with Gasteiger partial charge in [0.05, 0.1) is 29.0 Å². The van der Waals surface area contributed by atoms with Gasteiger partial charge in [-0.05, 0) is 57.2 Å². The predicted octanol–water partition coefficient (Wildman–Crippen LogP) is 3.79. The molecule has 0 aliphatic heterocycles. The third kappa shape index (κ3) is 4.99. The van der Waals surface area contributed by atoms with Crippen LogP contribution in [0.4, 0.5) is 5.69 Å². The molecule has 0 saturated heterocycles. The molecule has 1 amide bonds. The van der Waals surface area contributed by atoms with Crippen LogP contribution in [-0.2, 0) is 10.0 Å². The fourth-order valence-electron chi connectivity index (χ4n) is 2.43. The first-order chi connectivity index (χ1) is 14.3. The van der Waals surface area contributed by atoms with Gasteiger partial charge in [0.15, 0.2) is 11.5 Å². The van der Waals surface area contributed by atoms with Crippen LogP contribution >= 0.6 is 27.3 Å². The van der Waals surface area contributed by atoms with Gasteiger partial charge in [0, 0.05) is 0 Å². The minimum atomic E-state index is -3.80. The largest absolute Gasteiger partial charge is 0.503 e. The van der Waals surface area contributed by atoms with E-state index in [1.165, 1.54) is 31.5 Å². The molecule has 3 aromatic rings. The number of phenols is 1. The number of hydrazone groups is 1. The van der Waals surface area contributed by atoms with Crippen LogP contribution in [0.1, 0.15) is 15.9 Å². The molecule has 3 N–H and O–H groups in total. The summed E-state index contributed by atoms with van der Waals surface area (Å²) >= 11 is 4.28. The Morgan fingerprint density at radius 3 is 2.70 bits per heavy atom. The number of phenolic OH excluding ortho intramolecular Hbond substituents is 1. The minimum Gasteiger partial charge on any atom is -0.503 e. The van der Waals surface area contributed by atoms with E-state index in [1.54, 1.807) is 35.7 Å². The van der Waals surface area contributed by atoms with Gasteiger partial charge in [0.25, 0.3) is 15.9 Å². The summed E-state index contributed by atoms with van der Waals surface area (Å²) in [6.07, 6.45) is 1.36. The maximum absolute atomic E-state index is 12.5. The number of nitrogens with zero attached hydrogens (tertiary/aromatic N) is 1. The monoisotopic (exact) mass is 509 g/mol. The van der Waals surface area contributed by atoms with E-state index >= 15 is 0 Å². The molecule has 0 atom stereocenters. The molecule has 0 fully saturated rings. The molecule has 0 aliphatic rings. The van der Waals surface area contributed by atoms with E-state index in [4.69, 9.17) is 4.74 Å². The van der Waals surface area contributed by atoms with Crippen LogP contribution in [0.25, 0.3) is 0 Å². The molecule has 156 valence electrons. The van der Waals surface area contributed by atoms with E-state index in [2.05, 4.69) is 31.2 Å². The van der Waals surface area contributed by atoms with Crippen LogP contribution < -0.4 is 14.9 Å². The van der Waals surface area contributed by atoms with Gasteiger partial charge in [-0.3, -0.25) is 9.52 Å². The number of para-hydroxylation sites is 1. The molecule has 11 heteroatoms. The summed E-state index contributed by atoms with van der Waals surface area (Å²) < 4.78 is 33.0. The van der Waals surface area contributed by atoms with Crippen molar-refractivity contribution in [2.24, 2.45) is 5.10 Å². The number of benzene rings is 2. The first-order valence-corrected chi connectivity index (χ1v) is 11.5. The highest BCUT2D eigenvalue weighted by molar-refractivity contribution is 9.10. The lowest BCUT2D eigenvalue weighted by atomic mass is 10.2. The van der Waals surface area contributed by atoms with Gasteiger partial charge >= 0.3 is 0 Å². The van der Waals surface area contributed by atoms with Crippen LogP contribution in [0.5, 0.6) is 11.5 Å². The van der Waals surface area contributed by atoms with E-state index in [-0.39, 0.29) is 27.0 Å². The molecular formula is C19H16BrN3O5S2. The number of thiophene rings is 1. The van der Waals surface area contributed by atoms with Gasteiger partial charge in [0.1, 0.15) is 4.21 Å².